The number of amides is 1. The highest BCUT2D eigenvalue weighted by atomic mass is 35.5. The van der Waals surface area contributed by atoms with E-state index in [1.54, 1.807) is 6.20 Å². The van der Waals surface area contributed by atoms with Gasteiger partial charge in [-0.15, -0.1) is 0 Å². The molecule has 0 atom stereocenters. The minimum absolute atomic E-state index is 0.00511. The summed E-state index contributed by atoms with van der Waals surface area (Å²) in [6, 6.07) is 6.19. The van der Waals surface area contributed by atoms with E-state index in [4.69, 9.17) is 11.6 Å². The molecule has 2 aromatic heterocycles. The number of anilines is 2. The van der Waals surface area contributed by atoms with Gasteiger partial charge in [0.1, 0.15) is 11.6 Å². The molecule has 3 heterocycles. The van der Waals surface area contributed by atoms with Gasteiger partial charge in [-0.2, -0.15) is 0 Å². The summed E-state index contributed by atoms with van der Waals surface area (Å²) in [5, 5.41) is 4.20. The third kappa shape index (κ3) is 3.37. The molecular formula is C20H20ClFN4O. The quantitative estimate of drug-likeness (QED) is 0.707. The summed E-state index contributed by atoms with van der Waals surface area (Å²) in [6.45, 7) is 1.55. The molecule has 27 heavy (non-hydrogen) atoms. The van der Waals surface area contributed by atoms with Crippen molar-refractivity contribution in [2.24, 2.45) is 7.05 Å². The second-order valence-electron chi connectivity index (χ2n) is 6.81. The smallest absolute Gasteiger partial charge is 0.257 e. The lowest BCUT2D eigenvalue weighted by Gasteiger charge is -2.27. The number of pyridine rings is 1. The van der Waals surface area contributed by atoms with Crippen LogP contribution in [0.2, 0.25) is 5.02 Å². The first-order valence-electron chi connectivity index (χ1n) is 9.00. The van der Waals surface area contributed by atoms with Crippen LogP contribution in [0.25, 0.3) is 10.9 Å². The summed E-state index contributed by atoms with van der Waals surface area (Å²) >= 11 is 5.98. The van der Waals surface area contributed by atoms with E-state index in [2.05, 4.69) is 10.3 Å². The van der Waals surface area contributed by atoms with E-state index in [1.807, 2.05) is 28.8 Å². The predicted octanol–water partition coefficient (Wildman–Crippen LogP) is 4.74. The van der Waals surface area contributed by atoms with Crippen molar-refractivity contribution >= 4 is 39.9 Å². The van der Waals surface area contributed by atoms with Crippen LogP contribution in [0.4, 0.5) is 15.9 Å². The zero-order valence-corrected chi connectivity index (χ0v) is 15.8. The number of rotatable bonds is 3. The first-order valence-corrected chi connectivity index (χ1v) is 9.38. The molecule has 1 fully saturated rings. The van der Waals surface area contributed by atoms with Crippen molar-refractivity contribution in [3.05, 3.63) is 53.1 Å². The van der Waals surface area contributed by atoms with Crippen LogP contribution in [0, 0.1) is 5.82 Å². The SMILES string of the molecule is Cn1ccc2c(Nc3cc(Cl)ccc3F)ncc(C(=O)N3CCCCC3)c21. The van der Waals surface area contributed by atoms with Crippen LogP contribution in [-0.4, -0.2) is 33.4 Å². The fraction of sp³-hybridized carbons (Fsp3) is 0.300. The lowest BCUT2D eigenvalue weighted by molar-refractivity contribution is 0.0725. The van der Waals surface area contributed by atoms with Gasteiger partial charge in [-0.3, -0.25) is 4.79 Å². The van der Waals surface area contributed by atoms with Crippen LogP contribution in [0.1, 0.15) is 29.6 Å². The molecule has 3 aromatic rings. The highest BCUT2D eigenvalue weighted by Gasteiger charge is 2.23. The zero-order chi connectivity index (χ0) is 19.0. The van der Waals surface area contributed by atoms with Gasteiger partial charge in [0.2, 0.25) is 0 Å². The van der Waals surface area contributed by atoms with Crippen molar-refractivity contribution in [2.45, 2.75) is 19.3 Å². The monoisotopic (exact) mass is 386 g/mol. The Morgan fingerprint density at radius 3 is 2.78 bits per heavy atom. The number of halogens is 2. The molecule has 140 valence electrons. The van der Waals surface area contributed by atoms with Crippen molar-refractivity contribution in [1.29, 1.82) is 0 Å². The van der Waals surface area contributed by atoms with Crippen molar-refractivity contribution in [3.8, 4) is 0 Å². The van der Waals surface area contributed by atoms with Gasteiger partial charge in [0.25, 0.3) is 5.91 Å². The van der Waals surface area contributed by atoms with Crippen molar-refractivity contribution in [2.75, 3.05) is 18.4 Å². The Morgan fingerprint density at radius 2 is 2.00 bits per heavy atom. The molecule has 1 amide bonds. The van der Waals surface area contributed by atoms with Gasteiger partial charge in [-0.05, 0) is 43.5 Å². The van der Waals surface area contributed by atoms with E-state index in [0.717, 1.165) is 43.3 Å². The molecule has 5 nitrogen and oxygen atoms in total. The van der Waals surface area contributed by atoms with Crippen LogP contribution in [-0.2, 0) is 7.05 Å². The second kappa shape index (κ2) is 7.19. The zero-order valence-electron chi connectivity index (χ0n) is 15.0. The summed E-state index contributed by atoms with van der Waals surface area (Å²) < 4.78 is 16.0. The Morgan fingerprint density at radius 1 is 1.22 bits per heavy atom. The van der Waals surface area contributed by atoms with Crippen LogP contribution in [0.5, 0.6) is 0 Å². The number of likely N-dealkylation sites (tertiary alicyclic amines) is 1. The first kappa shape index (κ1) is 17.8. The number of nitrogens with zero attached hydrogens (tertiary/aromatic N) is 3. The van der Waals surface area contributed by atoms with Gasteiger partial charge in [0.15, 0.2) is 0 Å². The van der Waals surface area contributed by atoms with E-state index in [1.165, 1.54) is 18.2 Å². The molecule has 0 radical (unpaired) electrons. The summed E-state index contributed by atoms with van der Waals surface area (Å²) in [5.74, 6) is 0.0650. The number of hydrogen-bond donors (Lipinski definition) is 1. The number of carbonyl (C=O) groups is 1. The van der Waals surface area contributed by atoms with Gasteiger partial charge in [-0.1, -0.05) is 11.6 Å². The highest BCUT2D eigenvalue weighted by molar-refractivity contribution is 6.30. The third-order valence-electron chi connectivity index (χ3n) is 4.96. The fourth-order valence-corrected chi connectivity index (χ4v) is 3.73. The Bertz CT molecular complexity index is 1010. The maximum Gasteiger partial charge on any atom is 0.257 e. The Hall–Kier alpha value is -2.60. The molecule has 0 bridgehead atoms. The summed E-state index contributed by atoms with van der Waals surface area (Å²) in [6.07, 6.45) is 6.67. The number of aromatic nitrogens is 2. The summed E-state index contributed by atoms with van der Waals surface area (Å²) in [7, 11) is 1.89. The number of piperidine rings is 1. The molecule has 4 rings (SSSR count). The molecule has 1 aliphatic rings. The van der Waals surface area contributed by atoms with Crippen LogP contribution >= 0.6 is 11.6 Å². The Balaban J connectivity index is 1.74. The highest BCUT2D eigenvalue weighted by Crippen LogP contribution is 2.30. The van der Waals surface area contributed by atoms with E-state index in [9.17, 15) is 9.18 Å². The van der Waals surface area contributed by atoms with Crippen LogP contribution in [0.15, 0.2) is 36.7 Å². The molecular weight excluding hydrogens is 367 g/mol. The number of fused-ring (bicyclic) bond motifs is 1. The molecule has 0 saturated carbocycles. The molecule has 0 aliphatic carbocycles. The Labute approximate surface area is 161 Å². The third-order valence-corrected chi connectivity index (χ3v) is 5.20. The Kier molecular flexibility index (Phi) is 4.74. The van der Waals surface area contributed by atoms with Crippen LogP contribution < -0.4 is 5.32 Å². The van der Waals surface area contributed by atoms with Crippen molar-refractivity contribution in [3.63, 3.8) is 0 Å². The molecule has 1 N–H and O–H groups in total. The minimum atomic E-state index is -0.418. The maximum atomic E-state index is 14.1. The largest absolute Gasteiger partial charge is 0.350 e. The number of aryl methyl sites for hydroxylation is 1. The molecule has 1 aliphatic heterocycles. The van der Waals surface area contributed by atoms with Crippen LogP contribution in [0.3, 0.4) is 0 Å². The van der Waals surface area contributed by atoms with E-state index in [0.29, 0.717) is 16.4 Å². The number of hydrogen-bond acceptors (Lipinski definition) is 3. The molecule has 0 spiro atoms. The maximum absolute atomic E-state index is 14.1. The van der Waals surface area contributed by atoms with Crippen molar-refractivity contribution < 1.29 is 9.18 Å². The van der Waals surface area contributed by atoms with Gasteiger partial charge in [-0.25, -0.2) is 9.37 Å². The van der Waals surface area contributed by atoms with Crippen molar-refractivity contribution in [1.82, 2.24) is 14.5 Å². The van der Waals surface area contributed by atoms with E-state index >= 15 is 0 Å². The topological polar surface area (TPSA) is 50.2 Å². The fourth-order valence-electron chi connectivity index (χ4n) is 3.56. The molecule has 1 saturated heterocycles. The average molecular weight is 387 g/mol. The van der Waals surface area contributed by atoms with E-state index in [-0.39, 0.29) is 11.6 Å². The lowest BCUT2D eigenvalue weighted by Crippen LogP contribution is -2.35. The van der Waals surface area contributed by atoms with Gasteiger partial charge in [0, 0.05) is 42.9 Å². The minimum Gasteiger partial charge on any atom is -0.350 e. The standard InChI is InChI=1S/C20H20ClFN4O/c1-25-10-7-14-18(25)15(20(27)26-8-3-2-4-9-26)12-23-19(14)24-17-11-13(21)5-6-16(17)22/h5-7,10-12H,2-4,8-9H2,1H3,(H,23,24). The second-order valence-corrected chi connectivity index (χ2v) is 7.25. The van der Waals surface area contributed by atoms with Gasteiger partial charge < -0.3 is 14.8 Å². The molecule has 0 unspecified atom stereocenters. The predicted molar refractivity (Wildman–Crippen MR) is 105 cm³/mol. The first-order chi connectivity index (χ1) is 13.0. The molecule has 1 aromatic carbocycles. The number of carbonyl (C=O) groups excluding carboxylic acids is 1. The average Bonchev–Trinajstić information content (AvgIpc) is 3.07. The lowest BCUT2D eigenvalue weighted by atomic mass is 10.1. The summed E-state index contributed by atoms with van der Waals surface area (Å²) in [4.78, 5) is 19.3. The summed E-state index contributed by atoms with van der Waals surface area (Å²) in [5.41, 5.74) is 1.59. The number of benzene rings is 1. The normalized spacial score (nSPS) is 14.6. The molecule has 7 heteroatoms. The van der Waals surface area contributed by atoms with Gasteiger partial charge in [0.05, 0.1) is 16.8 Å². The van der Waals surface area contributed by atoms with Gasteiger partial charge >= 0.3 is 0 Å². The number of nitrogens with one attached hydrogen (secondary N) is 1. The van der Waals surface area contributed by atoms with E-state index < -0.39 is 5.82 Å².